The number of halogens is 5. The Balaban J connectivity index is 1.87. The van der Waals surface area contributed by atoms with Crippen LogP contribution in [0.3, 0.4) is 0 Å². The molecule has 25 heavy (non-hydrogen) atoms. The minimum atomic E-state index is -0.324. The van der Waals surface area contributed by atoms with Crippen LogP contribution in [0.2, 0.25) is 25.1 Å². The van der Waals surface area contributed by atoms with Crippen molar-refractivity contribution in [2.24, 2.45) is 0 Å². The molecule has 0 bridgehead atoms. The molecule has 0 heterocycles. The number of hydrogen-bond donors (Lipinski definition) is 3. The van der Waals surface area contributed by atoms with E-state index >= 15 is 0 Å². The van der Waals surface area contributed by atoms with E-state index in [1.807, 2.05) is 31.2 Å². The monoisotopic (exact) mass is 439 g/mol. The van der Waals surface area contributed by atoms with Gasteiger partial charge in [0, 0.05) is 18.8 Å². The largest absolute Gasteiger partial charge is 0.381 e. The van der Waals surface area contributed by atoms with Gasteiger partial charge < -0.3 is 16.0 Å². The van der Waals surface area contributed by atoms with Gasteiger partial charge in [-0.1, -0.05) is 75.7 Å². The Bertz CT molecular complexity index is 751. The van der Waals surface area contributed by atoms with Crippen LogP contribution < -0.4 is 16.0 Å². The van der Waals surface area contributed by atoms with Crippen molar-refractivity contribution in [3.8, 4) is 0 Å². The van der Waals surface area contributed by atoms with E-state index in [1.165, 1.54) is 0 Å². The highest BCUT2D eigenvalue weighted by Crippen LogP contribution is 2.46. The van der Waals surface area contributed by atoms with Gasteiger partial charge in [0.05, 0.1) is 30.8 Å². The van der Waals surface area contributed by atoms with Crippen molar-refractivity contribution >= 4 is 75.4 Å². The summed E-state index contributed by atoms with van der Waals surface area (Å²) in [5.74, 6) is 0. The summed E-state index contributed by atoms with van der Waals surface area (Å²) in [7, 11) is 0. The molecule has 4 nitrogen and oxygen atoms in total. The minimum Gasteiger partial charge on any atom is -0.381 e. The first-order chi connectivity index (χ1) is 11.8. The van der Waals surface area contributed by atoms with Gasteiger partial charge in [0.25, 0.3) is 0 Å². The van der Waals surface area contributed by atoms with Gasteiger partial charge in [0.1, 0.15) is 0 Å². The van der Waals surface area contributed by atoms with E-state index in [-0.39, 0.29) is 31.1 Å². The number of benzene rings is 2. The van der Waals surface area contributed by atoms with Gasteiger partial charge in [-0.25, -0.2) is 4.79 Å². The zero-order valence-electron chi connectivity index (χ0n) is 13.0. The molecule has 0 saturated heterocycles. The third-order valence-corrected chi connectivity index (χ3v) is 5.51. The number of carbonyl (C=O) groups excluding carboxylic acids is 1. The highest BCUT2D eigenvalue weighted by atomic mass is 35.5. The predicted molar refractivity (Wildman–Crippen MR) is 108 cm³/mol. The molecule has 0 fully saturated rings. The fraction of sp³-hybridized carbons (Fsp3) is 0.188. The fourth-order valence-corrected chi connectivity index (χ4v) is 3.21. The van der Waals surface area contributed by atoms with Crippen LogP contribution in [0.4, 0.5) is 16.2 Å². The maximum atomic E-state index is 11.8. The summed E-state index contributed by atoms with van der Waals surface area (Å²) in [6.45, 7) is 2.65. The molecule has 0 spiro atoms. The predicted octanol–water partition coefficient (Wildman–Crippen LogP) is 6.50. The minimum absolute atomic E-state index is 0.0967. The molecule has 0 aliphatic rings. The standard InChI is InChI=1S/C16H14Cl5N3O/c1-8-2-4-9(5-3-8)24-16(25)23-7-6-22-15-13(20)11(18)10(17)12(19)14(15)21/h2-5,22H,6-7H2,1H3,(H2,23,24,25). The van der Waals surface area contributed by atoms with E-state index in [9.17, 15) is 4.79 Å². The summed E-state index contributed by atoms with van der Waals surface area (Å²) in [6, 6.07) is 7.15. The molecule has 0 atom stereocenters. The van der Waals surface area contributed by atoms with Crippen LogP contribution in [0.25, 0.3) is 0 Å². The lowest BCUT2D eigenvalue weighted by molar-refractivity contribution is 0.252. The number of urea groups is 1. The lowest BCUT2D eigenvalue weighted by atomic mass is 10.2. The Kier molecular flexibility index (Phi) is 7.35. The molecule has 3 N–H and O–H groups in total. The molecule has 0 radical (unpaired) electrons. The summed E-state index contributed by atoms with van der Waals surface area (Å²) in [6.07, 6.45) is 0. The van der Waals surface area contributed by atoms with Crippen LogP contribution in [-0.4, -0.2) is 19.1 Å². The molecule has 2 rings (SSSR count). The summed E-state index contributed by atoms with van der Waals surface area (Å²) in [5.41, 5.74) is 2.19. The second-order valence-electron chi connectivity index (χ2n) is 5.12. The van der Waals surface area contributed by atoms with Crippen molar-refractivity contribution < 1.29 is 4.79 Å². The quantitative estimate of drug-likeness (QED) is 0.282. The summed E-state index contributed by atoms with van der Waals surface area (Å²) < 4.78 is 0. The number of aryl methyl sites for hydroxylation is 1. The highest BCUT2D eigenvalue weighted by Gasteiger charge is 2.18. The fourth-order valence-electron chi connectivity index (χ4n) is 1.94. The van der Waals surface area contributed by atoms with E-state index < -0.39 is 0 Å². The molecule has 9 heteroatoms. The molecule has 134 valence electrons. The van der Waals surface area contributed by atoms with Crippen molar-refractivity contribution in [1.82, 2.24) is 5.32 Å². The van der Waals surface area contributed by atoms with E-state index in [0.717, 1.165) is 5.56 Å². The Hall–Kier alpha value is -1.04. The van der Waals surface area contributed by atoms with Crippen molar-refractivity contribution in [3.63, 3.8) is 0 Å². The number of amides is 2. The third kappa shape index (κ3) is 5.22. The first-order valence-electron chi connectivity index (χ1n) is 7.18. The zero-order valence-corrected chi connectivity index (χ0v) is 16.8. The van der Waals surface area contributed by atoms with Gasteiger partial charge in [0.2, 0.25) is 0 Å². The van der Waals surface area contributed by atoms with Gasteiger partial charge in [-0.3, -0.25) is 0 Å². The van der Waals surface area contributed by atoms with Crippen molar-refractivity contribution in [2.45, 2.75) is 6.92 Å². The van der Waals surface area contributed by atoms with Crippen molar-refractivity contribution in [1.29, 1.82) is 0 Å². The highest BCUT2D eigenvalue weighted by molar-refractivity contribution is 6.56. The van der Waals surface area contributed by atoms with E-state index in [2.05, 4.69) is 16.0 Å². The second kappa shape index (κ2) is 9.06. The first-order valence-corrected chi connectivity index (χ1v) is 9.07. The Morgan fingerprint density at radius 3 is 1.92 bits per heavy atom. The smallest absolute Gasteiger partial charge is 0.319 e. The Morgan fingerprint density at radius 2 is 1.36 bits per heavy atom. The molecule has 2 aromatic carbocycles. The first kappa shape index (κ1) is 20.3. The van der Waals surface area contributed by atoms with Crippen LogP contribution in [0, 0.1) is 6.92 Å². The van der Waals surface area contributed by atoms with Gasteiger partial charge in [0.15, 0.2) is 0 Å². The molecule has 0 unspecified atom stereocenters. The molecule has 0 aliphatic carbocycles. The van der Waals surface area contributed by atoms with Gasteiger partial charge >= 0.3 is 6.03 Å². The molecule has 0 saturated carbocycles. The number of hydrogen-bond acceptors (Lipinski definition) is 2. The number of anilines is 2. The van der Waals surface area contributed by atoms with E-state index in [1.54, 1.807) is 0 Å². The van der Waals surface area contributed by atoms with Gasteiger partial charge in [-0.15, -0.1) is 0 Å². The molecule has 0 aromatic heterocycles. The van der Waals surface area contributed by atoms with Crippen LogP contribution in [-0.2, 0) is 0 Å². The zero-order chi connectivity index (χ0) is 18.6. The topological polar surface area (TPSA) is 53.2 Å². The molecular formula is C16H14Cl5N3O. The van der Waals surface area contributed by atoms with Crippen LogP contribution in [0.1, 0.15) is 5.56 Å². The number of carbonyl (C=O) groups is 1. The SMILES string of the molecule is Cc1ccc(NC(=O)NCCNc2c(Cl)c(Cl)c(Cl)c(Cl)c2Cl)cc1. The average Bonchev–Trinajstić information content (AvgIpc) is 2.59. The molecule has 2 aromatic rings. The van der Waals surface area contributed by atoms with Crippen molar-refractivity contribution in [3.05, 3.63) is 54.9 Å². The maximum absolute atomic E-state index is 11.8. The average molecular weight is 442 g/mol. The lowest BCUT2D eigenvalue weighted by Crippen LogP contribution is -2.32. The number of rotatable bonds is 5. The van der Waals surface area contributed by atoms with Crippen molar-refractivity contribution in [2.75, 3.05) is 23.7 Å². The summed E-state index contributed by atoms with van der Waals surface area (Å²) in [5, 5.41) is 9.09. The van der Waals surface area contributed by atoms with E-state index in [0.29, 0.717) is 24.5 Å². The third-order valence-electron chi connectivity index (χ3n) is 3.23. The lowest BCUT2D eigenvalue weighted by Gasteiger charge is -2.15. The normalized spacial score (nSPS) is 10.5. The molecule has 2 amide bonds. The van der Waals surface area contributed by atoms with Gasteiger partial charge in [-0.05, 0) is 19.1 Å². The maximum Gasteiger partial charge on any atom is 0.319 e. The van der Waals surface area contributed by atoms with Gasteiger partial charge in [-0.2, -0.15) is 0 Å². The van der Waals surface area contributed by atoms with Crippen LogP contribution in [0.15, 0.2) is 24.3 Å². The second-order valence-corrected chi connectivity index (χ2v) is 7.01. The molecule has 0 aliphatic heterocycles. The Morgan fingerprint density at radius 1 is 0.840 bits per heavy atom. The van der Waals surface area contributed by atoms with Crippen LogP contribution >= 0.6 is 58.0 Å². The summed E-state index contributed by atoms with van der Waals surface area (Å²) >= 11 is 30.2. The van der Waals surface area contributed by atoms with Crippen LogP contribution in [0.5, 0.6) is 0 Å². The van der Waals surface area contributed by atoms with E-state index in [4.69, 9.17) is 58.0 Å². The number of nitrogens with one attached hydrogen (secondary N) is 3. The summed E-state index contributed by atoms with van der Waals surface area (Å²) in [4.78, 5) is 11.8. The Labute approximate surface area is 170 Å². The molecular weight excluding hydrogens is 427 g/mol.